The maximum absolute atomic E-state index is 5.72. The lowest BCUT2D eigenvalue weighted by Crippen LogP contribution is -2.01. The summed E-state index contributed by atoms with van der Waals surface area (Å²) in [6.07, 6.45) is 1.93. The fourth-order valence-electron chi connectivity index (χ4n) is 1.52. The van der Waals surface area contributed by atoms with Crippen LogP contribution >= 0.6 is 11.6 Å². The van der Waals surface area contributed by atoms with Gasteiger partial charge in [-0.3, -0.25) is 0 Å². The smallest absolute Gasteiger partial charge is 0.135 e. The number of benzene rings is 1. The number of halogens is 1. The van der Waals surface area contributed by atoms with Gasteiger partial charge in [0.1, 0.15) is 11.5 Å². The number of unbranched alkanes of at least 4 members (excludes halogenated alkanes) is 1. The fourth-order valence-corrected chi connectivity index (χ4v) is 1.59. The van der Waals surface area contributed by atoms with Crippen molar-refractivity contribution in [3.63, 3.8) is 0 Å². The number of rotatable bonds is 7. The fraction of sp³-hybridized carbons (Fsp3) is 0.467. The van der Waals surface area contributed by atoms with Gasteiger partial charge in [-0.15, -0.1) is 11.6 Å². The Morgan fingerprint density at radius 2 is 1.95 bits per heavy atom. The molecule has 1 aromatic rings. The van der Waals surface area contributed by atoms with Crippen LogP contribution in [0.2, 0.25) is 0 Å². The van der Waals surface area contributed by atoms with Gasteiger partial charge in [-0.25, -0.2) is 0 Å². The van der Waals surface area contributed by atoms with Crippen LogP contribution in [-0.4, -0.2) is 33.3 Å². The molecule has 0 amide bonds. The molecule has 1 rings (SSSR count). The molecule has 0 aliphatic carbocycles. The second kappa shape index (κ2) is 9.55. The van der Waals surface area contributed by atoms with Crippen molar-refractivity contribution < 1.29 is 14.2 Å². The summed E-state index contributed by atoms with van der Waals surface area (Å²) >= 11 is 5.58. The van der Waals surface area contributed by atoms with Crippen LogP contribution in [0.25, 0.3) is 0 Å². The highest BCUT2D eigenvalue weighted by Gasteiger charge is 2.03. The van der Waals surface area contributed by atoms with E-state index < -0.39 is 0 Å². The molecule has 0 aromatic heterocycles. The Bertz CT molecular complexity index is 435. The van der Waals surface area contributed by atoms with E-state index in [4.69, 9.17) is 25.8 Å². The highest BCUT2D eigenvalue weighted by atomic mass is 35.5. The Morgan fingerprint density at radius 1 is 1.16 bits per heavy atom. The van der Waals surface area contributed by atoms with Gasteiger partial charge in [0, 0.05) is 13.7 Å². The molecule has 0 fully saturated rings. The van der Waals surface area contributed by atoms with E-state index in [9.17, 15) is 0 Å². The monoisotopic (exact) mass is 282 g/mol. The van der Waals surface area contributed by atoms with Crippen LogP contribution < -0.4 is 9.47 Å². The Labute approximate surface area is 119 Å². The molecule has 0 bridgehead atoms. The van der Waals surface area contributed by atoms with Gasteiger partial charge in [-0.05, 0) is 31.0 Å². The van der Waals surface area contributed by atoms with E-state index in [0.29, 0.717) is 12.5 Å². The normalized spacial score (nSPS) is 9.63. The number of hydrogen-bond donors (Lipinski definition) is 0. The predicted octanol–water partition coefficient (Wildman–Crippen LogP) is 3.09. The standard InChI is InChI=1S/C15H19ClO3/c1-17-10-3-4-11-19-15-8-7-14(18-2)12-13(15)6-5-9-16/h7-8,12H,3-4,9-11H2,1-2H3. The second-order valence-corrected chi connectivity index (χ2v) is 4.11. The lowest BCUT2D eigenvalue weighted by Gasteiger charge is -2.09. The Balaban J connectivity index is 2.64. The van der Waals surface area contributed by atoms with E-state index in [0.717, 1.165) is 36.5 Å². The summed E-state index contributed by atoms with van der Waals surface area (Å²) in [5, 5.41) is 0. The molecule has 0 spiro atoms. The molecule has 0 saturated heterocycles. The van der Waals surface area contributed by atoms with Gasteiger partial charge in [0.2, 0.25) is 0 Å². The SMILES string of the molecule is COCCCCOc1ccc(OC)cc1C#CCCl. The van der Waals surface area contributed by atoms with Gasteiger partial charge >= 0.3 is 0 Å². The lowest BCUT2D eigenvalue weighted by molar-refractivity contribution is 0.184. The van der Waals surface area contributed by atoms with Crippen molar-refractivity contribution in [1.82, 2.24) is 0 Å². The molecule has 0 unspecified atom stereocenters. The van der Waals surface area contributed by atoms with Gasteiger partial charge in [0.25, 0.3) is 0 Å². The van der Waals surface area contributed by atoms with E-state index >= 15 is 0 Å². The first-order valence-electron chi connectivity index (χ1n) is 6.16. The highest BCUT2D eigenvalue weighted by Crippen LogP contribution is 2.23. The Hall–Kier alpha value is -1.37. The molecule has 0 atom stereocenters. The molecule has 1 aromatic carbocycles. The van der Waals surface area contributed by atoms with Crippen LogP contribution in [0.1, 0.15) is 18.4 Å². The maximum Gasteiger partial charge on any atom is 0.135 e. The highest BCUT2D eigenvalue weighted by molar-refractivity contribution is 6.19. The molecule has 19 heavy (non-hydrogen) atoms. The van der Waals surface area contributed by atoms with Gasteiger partial charge in [-0.1, -0.05) is 11.8 Å². The average molecular weight is 283 g/mol. The molecule has 0 saturated carbocycles. The van der Waals surface area contributed by atoms with Crippen LogP contribution in [-0.2, 0) is 4.74 Å². The summed E-state index contributed by atoms with van der Waals surface area (Å²) in [5.41, 5.74) is 0.798. The van der Waals surface area contributed by atoms with E-state index in [1.165, 1.54) is 0 Å². The zero-order chi connectivity index (χ0) is 13.9. The minimum Gasteiger partial charge on any atom is -0.497 e. The number of ether oxygens (including phenoxy) is 3. The third-order valence-corrected chi connectivity index (χ3v) is 2.61. The zero-order valence-electron chi connectivity index (χ0n) is 11.4. The van der Waals surface area contributed by atoms with E-state index in [1.807, 2.05) is 18.2 Å². The van der Waals surface area contributed by atoms with Crippen molar-refractivity contribution in [2.24, 2.45) is 0 Å². The molecule has 0 N–H and O–H groups in total. The lowest BCUT2D eigenvalue weighted by atomic mass is 10.2. The van der Waals surface area contributed by atoms with Gasteiger partial charge < -0.3 is 14.2 Å². The summed E-state index contributed by atoms with van der Waals surface area (Å²) < 4.78 is 15.9. The molecule has 0 heterocycles. The third kappa shape index (κ3) is 5.87. The van der Waals surface area contributed by atoms with Crippen LogP contribution in [0.4, 0.5) is 0 Å². The summed E-state index contributed by atoms with van der Waals surface area (Å²) in [6.45, 7) is 1.40. The van der Waals surface area contributed by atoms with Gasteiger partial charge in [0.15, 0.2) is 0 Å². The second-order valence-electron chi connectivity index (χ2n) is 3.85. The van der Waals surface area contributed by atoms with E-state index in [2.05, 4.69) is 11.8 Å². The molecule has 0 aliphatic heterocycles. The summed E-state index contributed by atoms with van der Waals surface area (Å²) in [7, 11) is 3.32. The molecule has 0 radical (unpaired) electrons. The van der Waals surface area contributed by atoms with Crippen molar-refractivity contribution in [3.8, 4) is 23.3 Å². The summed E-state index contributed by atoms with van der Waals surface area (Å²) in [4.78, 5) is 0. The number of hydrogen-bond acceptors (Lipinski definition) is 3. The number of methoxy groups -OCH3 is 2. The van der Waals surface area contributed by atoms with Crippen LogP contribution in [0, 0.1) is 11.8 Å². The average Bonchev–Trinajstić information content (AvgIpc) is 2.45. The molecule has 0 aliphatic rings. The van der Waals surface area contributed by atoms with Crippen molar-refractivity contribution in [3.05, 3.63) is 23.8 Å². The zero-order valence-corrected chi connectivity index (χ0v) is 12.1. The minimum atomic E-state index is 0.296. The maximum atomic E-state index is 5.72. The quantitative estimate of drug-likeness (QED) is 0.437. The Kier molecular flexibility index (Phi) is 7.88. The Morgan fingerprint density at radius 3 is 2.63 bits per heavy atom. The molecular weight excluding hydrogens is 264 g/mol. The predicted molar refractivity (Wildman–Crippen MR) is 77.2 cm³/mol. The van der Waals surface area contributed by atoms with E-state index in [-0.39, 0.29) is 0 Å². The molecular formula is C15H19ClO3. The first-order valence-corrected chi connectivity index (χ1v) is 6.70. The molecule has 3 nitrogen and oxygen atoms in total. The van der Waals surface area contributed by atoms with E-state index in [1.54, 1.807) is 14.2 Å². The minimum absolute atomic E-state index is 0.296. The first kappa shape index (κ1) is 15.7. The topological polar surface area (TPSA) is 27.7 Å². The largest absolute Gasteiger partial charge is 0.497 e. The summed E-state index contributed by atoms with van der Waals surface area (Å²) in [5.74, 6) is 7.62. The number of alkyl halides is 1. The molecule has 4 heteroatoms. The summed E-state index contributed by atoms with van der Waals surface area (Å²) in [6, 6.07) is 5.58. The van der Waals surface area contributed by atoms with Crippen LogP contribution in [0.15, 0.2) is 18.2 Å². The van der Waals surface area contributed by atoms with Crippen molar-refractivity contribution in [2.75, 3.05) is 33.3 Å². The van der Waals surface area contributed by atoms with Crippen LogP contribution in [0.5, 0.6) is 11.5 Å². The van der Waals surface area contributed by atoms with Crippen molar-refractivity contribution in [2.45, 2.75) is 12.8 Å². The third-order valence-electron chi connectivity index (χ3n) is 2.48. The van der Waals surface area contributed by atoms with Gasteiger partial charge in [0.05, 0.1) is 25.2 Å². The first-order chi connectivity index (χ1) is 9.31. The van der Waals surface area contributed by atoms with Crippen LogP contribution in [0.3, 0.4) is 0 Å². The van der Waals surface area contributed by atoms with Crippen molar-refractivity contribution >= 4 is 11.6 Å². The van der Waals surface area contributed by atoms with Crippen molar-refractivity contribution in [1.29, 1.82) is 0 Å². The van der Waals surface area contributed by atoms with Gasteiger partial charge in [-0.2, -0.15) is 0 Å². The molecule has 104 valence electrons.